The van der Waals surface area contributed by atoms with Crippen molar-refractivity contribution in [2.24, 2.45) is 0 Å². The second-order valence-corrected chi connectivity index (χ2v) is 7.67. The standard InChI is InChI=1S/C21H23N3O4S/c1-26-16-6-4-15(5-7-16)19-13-17(23-28-19)21(25)22-14-18(20-3-2-12-29-20)24-8-10-27-11-9-24/h2-7,12-13,18H,8-11,14H2,1H3,(H,22,25)/t18-/m0/s1. The average Bonchev–Trinajstić information content (AvgIpc) is 3.47. The predicted molar refractivity (Wildman–Crippen MR) is 110 cm³/mol. The van der Waals surface area contributed by atoms with Gasteiger partial charge in [0.25, 0.3) is 5.91 Å². The highest BCUT2D eigenvalue weighted by atomic mass is 32.1. The molecule has 1 N–H and O–H groups in total. The molecule has 1 atom stereocenters. The highest BCUT2D eigenvalue weighted by Gasteiger charge is 2.24. The van der Waals surface area contributed by atoms with Gasteiger partial charge < -0.3 is 19.3 Å². The Labute approximate surface area is 173 Å². The minimum atomic E-state index is -0.247. The molecule has 1 aliphatic heterocycles. The summed E-state index contributed by atoms with van der Waals surface area (Å²) in [5.74, 6) is 1.05. The zero-order valence-electron chi connectivity index (χ0n) is 16.2. The lowest BCUT2D eigenvalue weighted by molar-refractivity contribution is 0.0169. The van der Waals surface area contributed by atoms with Gasteiger partial charge in [-0.2, -0.15) is 0 Å². The minimum Gasteiger partial charge on any atom is -0.497 e. The van der Waals surface area contributed by atoms with Crippen LogP contribution in [0.3, 0.4) is 0 Å². The molecule has 0 aliphatic carbocycles. The zero-order chi connectivity index (χ0) is 20.1. The molecule has 1 saturated heterocycles. The Morgan fingerprint density at radius 2 is 2.07 bits per heavy atom. The lowest BCUT2D eigenvalue weighted by atomic mass is 10.1. The molecule has 29 heavy (non-hydrogen) atoms. The van der Waals surface area contributed by atoms with Crippen LogP contribution in [0.15, 0.2) is 52.4 Å². The summed E-state index contributed by atoms with van der Waals surface area (Å²) in [5, 5.41) is 9.01. The number of carbonyl (C=O) groups excluding carboxylic acids is 1. The third-order valence-corrected chi connectivity index (χ3v) is 5.90. The van der Waals surface area contributed by atoms with Crippen molar-refractivity contribution in [1.82, 2.24) is 15.4 Å². The van der Waals surface area contributed by atoms with Crippen LogP contribution >= 0.6 is 11.3 Å². The highest BCUT2D eigenvalue weighted by Crippen LogP contribution is 2.26. The second-order valence-electron chi connectivity index (χ2n) is 6.69. The summed E-state index contributed by atoms with van der Waals surface area (Å²) in [5.41, 5.74) is 1.10. The molecule has 152 valence electrons. The first-order valence-corrected chi connectivity index (χ1v) is 10.4. The van der Waals surface area contributed by atoms with Crippen LogP contribution in [0.4, 0.5) is 0 Å². The first kappa shape index (κ1) is 19.6. The van der Waals surface area contributed by atoms with Crippen molar-refractivity contribution in [3.8, 4) is 17.1 Å². The number of methoxy groups -OCH3 is 1. The van der Waals surface area contributed by atoms with E-state index in [1.165, 1.54) is 4.88 Å². The van der Waals surface area contributed by atoms with Gasteiger partial charge in [0.15, 0.2) is 11.5 Å². The number of hydrogen-bond donors (Lipinski definition) is 1. The van der Waals surface area contributed by atoms with Gasteiger partial charge in [-0.3, -0.25) is 9.69 Å². The van der Waals surface area contributed by atoms with Gasteiger partial charge in [-0.15, -0.1) is 11.3 Å². The SMILES string of the molecule is COc1ccc(-c2cc(C(=O)NC[C@@H](c3cccs3)N3CCOCC3)no2)cc1. The fourth-order valence-electron chi connectivity index (χ4n) is 3.33. The first-order valence-electron chi connectivity index (χ1n) is 9.49. The van der Waals surface area contributed by atoms with Crippen LogP contribution in [-0.4, -0.2) is 55.9 Å². The number of amides is 1. The largest absolute Gasteiger partial charge is 0.497 e. The average molecular weight is 413 g/mol. The van der Waals surface area contributed by atoms with Crippen molar-refractivity contribution < 1.29 is 18.8 Å². The predicted octanol–water partition coefficient (Wildman–Crippen LogP) is 3.22. The van der Waals surface area contributed by atoms with Crippen LogP contribution in [0, 0.1) is 0 Å². The number of nitrogens with zero attached hydrogens (tertiary/aromatic N) is 2. The molecule has 0 bridgehead atoms. The van der Waals surface area contributed by atoms with Crippen molar-refractivity contribution in [1.29, 1.82) is 0 Å². The van der Waals surface area contributed by atoms with Crippen LogP contribution in [-0.2, 0) is 4.74 Å². The number of morpholine rings is 1. The first-order chi connectivity index (χ1) is 14.2. The third-order valence-electron chi connectivity index (χ3n) is 4.93. The summed E-state index contributed by atoms with van der Waals surface area (Å²) in [6.45, 7) is 3.63. The van der Waals surface area contributed by atoms with Crippen LogP contribution in [0.1, 0.15) is 21.4 Å². The maximum absolute atomic E-state index is 12.7. The summed E-state index contributed by atoms with van der Waals surface area (Å²) in [4.78, 5) is 16.2. The zero-order valence-corrected chi connectivity index (χ0v) is 17.0. The van der Waals surface area contributed by atoms with E-state index in [1.54, 1.807) is 24.5 Å². The fraction of sp³-hybridized carbons (Fsp3) is 0.333. The smallest absolute Gasteiger partial charge is 0.273 e. The Morgan fingerprint density at radius 1 is 1.28 bits per heavy atom. The molecule has 1 fully saturated rings. The van der Waals surface area contributed by atoms with Gasteiger partial charge in [-0.1, -0.05) is 11.2 Å². The van der Waals surface area contributed by atoms with Gasteiger partial charge in [0.2, 0.25) is 0 Å². The van der Waals surface area contributed by atoms with Gasteiger partial charge in [-0.05, 0) is 35.7 Å². The Hall–Kier alpha value is -2.68. The number of ether oxygens (including phenoxy) is 2. The Morgan fingerprint density at radius 3 is 2.76 bits per heavy atom. The molecule has 0 radical (unpaired) electrons. The fourth-order valence-corrected chi connectivity index (χ4v) is 4.19. The molecule has 8 heteroatoms. The molecule has 1 aromatic carbocycles. The minimum absolute atomic E-state index is 0.121. The van der Waals surface area contributed by atoms with Gasteiger partial charge in [0, 0.05) is 36.1 Å². The highest BCUT2D eigenvalue weighted by molar-refractivity contribution is 7.10. The maximum atomic E-state index is 12.7. The second kappa shape index (κ2) is 9.21. The maximum Gasteiger partial charge on any atom is 0.273 e. The lowest BCUT2D eigenvalue weighted by Gasteiger charge is -2.34. The Kier molecular flexibility index (Phi) is 6.24. The molecule has 2 aromatic heterocycles. The molecule has 0 unspecified atom stereocenters. The number of nitrogens with one attached hydrogen (secondary N) is 1. The molecular weight excluding hydrogens is 390 g/mol. The van der Waals surface area contributed by atoms with E-state index in [0.29, 0.717) is 25.5 Å². The van der Waals surface area contributed by atoms with E-state index in [2.05, 4.69) is 26.8 Å². The van der Waals surface area contributed by atoms with E-state index in [1.807, 2.05) is 30.3 Å². The Bertz CT molecular complexity index is 918. The normalized spacial score (nSPS) is 15.8. The van der Waals surface area contributed by atoms with Crippen molar-refractivity contribution in [3.05, 3.63) is 58.4 Å². The van der Waals surface area contributed by atoms with Crippen LogP contribution in [0.5, 0.6) is 5.75 Å². The van der Waals surface area contributed by atoms with Crippen molar-refractivity contribution in [3.63, 3.8) is 0 Å². The monoisotopic (exact) mass is 413 g/mol. The van der Waals surface area contributed by atoms with Crippen LogP contribution in [0.2, 0.25) is 0 Å². The van der Waals surface area contributed by atoms with Crippen molar-refractivity contribution >= 4 is 17.2 Å². The quantitative estimate of drug-likeness (QED) is 0.641. The molecule has 7 nitrogen and oxygen atoms in total. The summed E-state index contributed by atoms with van der Waals surface area (Å²) >= 11 is 1.70. The molecule has 4 rings (SSSR count). The van der Waals surface area contributed by atoms with E-state index in [-0.39, 0.29) is 17.6 Å². The number of rotatable bonds is 7. The van der Waals surface area contributed by atoms with E-state index >= 15 is 0 Å². The van der Waals surface area contributed by atoms with Gasteiger partial charge >= 0.3 is 0 Å². The third kappa shape index (κ3) is 4.67. The van der Waals surface area contributed by atoms with Crippen LogP contribution in [0.25, 0.3) is 11.3 Å². The van der Waals surface area contributed by atoms with E-state index < -0.39 is 0 Å². The number of benzene rings is 1. The van der Waals surface area contributed by atoms with Gasteiger partial charge in [-0.25, -0.2) is 0 Å². The number of carbonyl (C=O) groups is 1. The van der Waals surface area contributed by atoms with Gasteiger partial charge in [0.05, 0.1) is 26.4 Å². The molecule has 3 aromatic rings. The van der Waals surface area contributed by atoms with Crippen molar-refractivity contribution in [2.75, 3.05) is 40.0 Å². The number of thiophene rings is 1. The molecule has 1 amide bonds. The Balaban J connectivity index is 1.42. The molecule has 0 saturated carbocycles. The molecule has 0 spiro atoms. The summed E-state index contributed by atoms with van der Waals surface area (Å²) in [7, 11) is 1.62. The molecule has 1 aliphatic rings. The van der Waals surface area contributed by atoms with E-state index in [4.69, 9.17) is 14.0 Å². The van der Waals surface area contributed by atoms with E-state index in [0.717, 1.165) is 24.4 Å². The van der Waals surface area contributed by atoms with E-state index in [9.17, 15) is 4.79 Å². The van der Waals surface area contributed by atoms with Crippen molar-refractivity contribution in [2.45, 2.75) is 6.04 Å². The summed E-state index contributed by atoms with van der Waals surface area (Å²) < 4.78 is 16.0. The summed E-state index contributed by atoms with van der Waals surface area (Å²) in [6.07, 6.45) is 0. The number of hydrogen-bond acceptors (Lipinski definition) is 7. The molecular formula is C21H23N3O4S. The number of aromatic nitrogens is 1. The topological polar surface area (TPSA) is 76.8 Å². The summed E-state index contributed by atoms with van der Waals surface area (Å²) in [6, 6.07) is 13.3. The lowest BCUT2D eigenvalue weighted by Crippen LogP contribution is -2.43. The van der Waals surface area contributed by atoms with Gasteiger partial charge in [0.1, 0.15) is 5.75 Å². The molecule has 3 heterocycles. The van der Waals surface area contributed by atoms with Crippen LogP contribution < -0.4 is 10.1 Å².